The van der Waals surface area contributed by atoms with Crippen molar-refractivity contribution in [2.24, 2.45) is 0 Å². The quantitative estimate of drug-likeness (QED) is 0.160. The molecule has 4 nitrogen and oxygen atoms in total. The summed E-state index contributed by atoms with van der Waals surface area (Å²) in [5.41, 5.74) is 39.4. The van der Waals surface area contributed by atoms with Crippen LogP contribution in [0.25, 0.3) is 120 Å². The van der Waals surface area contributed by atoms with Gasteiger partial charge in [-0.15, -0.1) is 22.7 Å². The van der Waals surface area contributed by atoms with Gasteiger partial charge in [0, 0.05) is 96.0 Å². The molecule has 12 aromatic carbocycles. The van der Waals surface area contributed by atoms with Gasteiger partial charge in [0.05, 0.1) is 33.4 Å². The van der Waals surface area contributed by atoms with Crippen LogP contribution in [0.2, 0.25) is 0 Å². The summed E-state index contributed by atoms with van der Waals surface area (Å²) in [4.78, 5) is 5.47. The lowest BCUT2D eigenvalue weighted by molar-refractivity contribution is 0.523. The molecule has 16 aromatic rings. The van der Waals surface area contributed by atoms with Crippen LogP contribution in [-0.4, -0.2) is 22.8 Å². The summed E-state index contributed by atoms with van der Waals surface area (Å²) in [6.45, 7) is 43.3. The minimum Gasteiger partial charge on any atom is -0.376 e. The minimum atomic E-state index is -0.332. The molecule has 0 unspecified atom stereocenters. The highest BCUT2D eigenvalue weighted by Gasteiger charge is 2.54. The van der Waals surface area contributed by atoms with Gasteiger partial charge in [0.2, 0.25) is 0 Å². The molecule has 0 bridgehead atoms. The fraction of sp³-hybridized carbons (Fsp3) is 0.255. The molecule has 0 atom stereocenters. The number of nitrogens with zero attached hydrogens (tertiary/aromatic N) is 4. The first-order valence-electron chi connectivity index (χ1n) is 40.1. The van der Waals surface area contributed by atoms with Crippen LogP contribution in [0.3, 0.4) is 0 Å². The van der Waals surface area contributed by atoms with Crippen LogP contribution in [-0.2, 0) is 44.3 Å². The second-order valence-electron chi connectivity index (χ2n) is 38.9. The predicted molar refractivity (Wildman–Crippen MR) is 477 cm³/mol. The Hall–Kier alpha value is -10.1. The average molecular weight is 1460 g/mol. The van der Waals surface area contributed by atoms with E-state index in [0.29, 0.717) is 0 Å². The van der Waals surface area contributed by atoms with Gasteiger partial charge in [-0.2, -0.15) is 0 Å². The van der Waals surface area contributed by atoms with Gasteiger partial charge in [-0.3, -0.25) is 0 Å². The molecule has 0 fully saturated rings. The molecule has 22 rings (SSSR count). The molecule has 2 aliphatic carbocycles. The molecular formula is C102H92B2N4S2. The predicted octanol–water partition coefficient (Wildman–Crippen LogP) is 25.1. The molecule has 8 heterocycles. The maximum Gasteiger partial charge on any atom is 0.343 e. The van der Waals surface area contributed by atoms with Crippen molar-refractivity contribution in [1.82, 2.24) is 9.13 Å². The highest BCUT2D eigenvalue weighted by Crippen LogP contribution is 2.63. The molecule has 4 aliphatic heterocycles. The summed E-state index contributed by atoms with van der Waals surface area (Å²) in [6.07, 6.45) is 0.851. The smallest absolute Gasteiger partial charge is 0.343 e. The molecule has 0 saturated carbocycles. The first-order valence-corrected chi connectivity index (χ1v) is 41.7. The van der Waals surface area contributed by atoms with Crippen LogP contribution in [0.15, 0.2) is 218 Å². The topological polar surface area (TPSA) is 16.3 Å². The molecule has 4 aromatic heterocycles. The number of hydrogen-bond donors (Lipinski definition) is 0. The van der Waals surface area contributed by atoms with E-state index in [1.54, 1.807) is 0 Å². The van der Waals surface area contributed by atoms with Gasteiger partial charge in [0.15, 0.2) is 0 Å². The normalized spacial score (nSPS) is 15.5. The van der Waals surface area contributed by atoms with E-state index >= 15 is 0 Å². The van der Waals surface area contributed by atoms with E-state index in [9.17, 15) is 0 Å². The SMILES string of the molecule is CC(C)(C)c1ccc(N2B3c4sc5ccc(C(C)(C)C)cc5c4-n4c5ccc(C(C)(C)Cc6ccc7c(c6)-c6c8c9c%10c(c6C7(C)C)c6ccccc6n%10-c6c(sc7ccc(C(C)(C)C)cc67)B9N(c6ccccc6)c6ccccc6-8)cc5c5c6c(c(c3c54)-c3cc(C(C)(C)C)ccc32)-c2ccccc2C6(C)C)cc1. The van der Waals surface area contributed by atoms with Crippen LogP contribution >= 0.6 is 22.7 Å². The van der Waals surface area contributed by atoms with Gasteiger partial charge in [0.25, 0.3) is 0 Å². The van der Waals surface area contributed by atoms with Crippen molar-refractivity contribution >= 4 is 143 Å². The summed E-state index contributed by atoms with van der Waals surface area (Å²) in [7, 11) is 0. The molecule has 0 radical (unpaired) electrons. The Morgan fingerprint density at radius 3 is 1.41 bits per heavy atom. The van der Waals surface area contributed by atoms with Crippen LogP contribution in [0.5, 0.6) is 0 Å². The molecule has 6 aliphatic rings. The van der Waals surface area contributed by atoms with Crippen molar-refractivity contribution in [3.05, 3.63) is 274 Å². The molecule has 110 heavy (non-hydrogen) atoms. The Labute approximate surface area is 656 Å². The number of aromatic nitrogens is 2. The van der Waals surface area contributed by atoms with E-state index in [-0.39, 0.29) is 51.6 Å². The van der Waals surface area contributed by atoms with Crippen molar-refractivity contribution in [1.29, 1.82) is 0 Å². The lowest BCUT2D eigenvalue weighted by Crippen LogP contribution is -2.59. The Morgan fingerprint density at radius 1 is 0.345 bits per heavy atom. The number of anilines is 4. The van der Waals surface area contributed by atoms with Crippen molar-refractivity contribution in [3.8, 4) is 55.9 Å². The number of thiophene rings is 2. The Balaban J connectivity index is 0.785. The van der Waals surface area contributed by atoms with Gasteiger partial charge < -0.3 is 18.8 Å². The molecule has 538 valence electrons. The van der Waals surface area contributed by atoms with Crippen LogP contribution in [0.1, 0.15) is 180 Å². The van der Waals surface area contributed by atoms with Gasteiger partial charge in [-0.05, 0) is 218 Å². The van der Waals surface area contributed by atoms with E-state index in [1.165, 1.54) is 219 Å². The monoisotopic (exact) mass is 1460 g/mol. The van der Waals surface area contributed by atoms with E-state index in [2.05, 4.69) is 362 Å². The highest BCUT2D eigenvalue weighted by molar-refractivity contribution is 7.33. The zero-order chi connectivity index (χ0) is 75.6. The van der Waals surface area contributed by atoms with Crippen LogP contribution in [0.4, 0.5) is 22.7 Å². The second-order valence-corrected chi connectivity index (χ2v) is 41.1. The largest absolute Gasteiger partial charge is 0.376 e. The van der Waals surface area contributed by atoms with Gasteiger partial charge in [0.1, 0.15) is 0 Å². The Morgan fingerprint density at radius 2 is 0.800 bits per heavy atom. The first kappa shape index (κ1) is 66.8. The van der Waals surface area contributed by atoms with Crippen molar-refractivity contribution < 1.29 is 0 Å². The van der Waals surface area contributed by atoms with E-state index in [4.69, 9.17) is 0 Å². The first-order chi connectivity index (χ1) is 52.4. The van der Waals surface area contributed by atoms with Gasteiger partial charge >= 0.3 is 13.7 Å². The summed E-state index contributed by atoms with van der Waals surface area (Å²) >= 11 is 4.01. The van der Waals surface area contributed by atoms with Crippen molar-refractivity contribution in [3.63, 3.8) is 0 Å². The Kier molecular flexibility index (Phi) is 13.2. The van der Waals surface area contributed by atoms with E-state index in [1.807, 2.05) is 22.7 Å². The fourth-order valence-electron chi connectivity index (χ4n) is 21.5. The molecule has 0 saturated heterocycles. The standard InChI is InChI=1S/C102H92B2N4S2/c1-96(2,3)57-37-43-63(44-38-57)108-77-47-39-58(97(4,5)6)51-69(77)83-80-64-30-22-25-33-72(64)101(15,16)86(80)85-68-54-61(40-46-75(68)106-91-71-53-60(99(10,11)12)42-49-79(71)110-95(91)104(108)89(83)93(85)106)100(13,14)55-56-36-45-73-67(50-56)81-82-66-32-24-27-35-76(66)107(62-28-20-19-21-29-62)103-88(82)92-84(87(81)102(73,17)18)65-31-23-26-34-74(65)105(92)90-70-52-59(98(7,8)9)41-48-78(70)109-94(90)103/h19-54H,55H2,1-18H3. The summed E-state index contributed by atoms with van der Waals surface area (Å²) in [5.74, 6) is 0. The minimum absolute atomic E-state index is 0.00327. The molecule has 0 N–H and O–H groups in total. The van der Waals surface area contributed by atoms with Crippen LogP contribution in [0, 0.1) is 0 Å². The fourth-order valence-corrected chi connectivity index (χ4v) is 24.0. The molecule has 0 amide bonds. The third kappa shape index (κ3) is 8.71. The third-order valence-corrected chi connectivity index (χ3v) is 29.4. The van der Waals surface area contributed by atoms with E-state index in [0.717, 1.165) is 6.42 Å². The summed E-state index contributed by atoms with van der Waals surface area (Å²) in [5, 5.41) is 8.15. The lowest BCUT2D eigenvalue weighted by atomic mass is 9.46. The van der Waals surface area contributed by atoms with Crippen LogP contribution < -0.4 is 30.1 Å². The molecule has 8 heteroatoms. The van der Waals surface area contributed by atoms with Gasteiger partial charge in [-0.25, -0.2) is 0 Å². The molecule has 0 spiro atoms. The second kappa shape index (κ2) is 21.7. The lowest BCUT2D eigenvalue weighted by Gasteiger charge is -2.42. The number of rotatable bonds is 5. The highest BCUT2D eigenvalue weighted by atomic mass is 32.1. The number of hydrogen-bond acceptors (Lipinski definition) is 4. The van der Waals surface area contributed by atoms with Crippen molar-refractivity contribution in [2.45, 2.75) is 169 Å². The van der Waals surface area contributed by atoms with Gasteiger partial charge in [-0.1, -0.05) is 258 Å². The number of benzene rings is 12. The average Bonchev–Trinajstić information content (AvgIpc) is 1.48. The maximum absolute atomic E-state index is 2.80. The zero-order valence-electron chi connectivity index (χ0n) is 66.8. The Bertz CT molecular complexity index is 6830. The molecular weight excluding hydrogens is 1370 g/mol. The van der Waals surface area contributed by atoms with E-state index < -0.39 is 0 Å². The van der Waals surface area contributed by atoms with Crippen molar-refractivity contribution in [2.75, 3.05) is 9.62 Å². The maximum atomic E-state index is 2.80. The summed E-state index contributed by atoms with van der Waals surface area (Å²) in [6, 6.07) is 87.0. The zero-order valence-corrected chi connectivity index (χ0v) is 68.4. The number of fused-ring (bicyclic) bond motifs is 30. The summed E-state index contributed by atoms with van der Waals surface area (Å²) < 4.78 is 11.0. The number of para-hydroxylation sites is 3. The third-order valence-electron chi connectivity index (χ3n) is 27.0.